The molecule has 1 saturated heterocycles. The predicted molar refractivity (Wildman–Crippen MR) is 48.3 cm³/mol. The lowest BCUT2D eigenvalue weighted by molar-refractivity contribution is -0.523. The Labute approximate surface area is 144 Å². The maximum absolute atomic E-state index is 13.9. The molecule has 1 unspecified atom stereocenters. The van der Waals surface area contributed by atoms with Crippen LogP contribution in [-0.4, -0.2) is 59.1 Å². The fraction of sp³-hybridized carbons (Fsp3) is 1.00. The lowest BCUT2D eigenvalue weighted by atomic mass is 9.66. The molecule has 1 atom stereocenters. The molecule has 0 bridgehead atoms. The second-order valence-corrected chi connectivity index (χ2v) is 5.90. The van der Waals surface area contributed by atoms with Crippen LogP contribution in [0.3, 0.4) is 0 Å². The highest BCUT2D eigenvalue weighted by Gasteiger charge is 3.12. The normalized spacial score (nSPS) is 37.4. The van der Waals surface area contributed by atoms with Gasteiger partial charge in [0, 0.05) is 0 Å². The van der Waals surface area contributed by atoms with Crippen molar-refractivity contribution in [1.29, 1.82) is 0 Å². The topological polar surface area (TPSA) is 9.23 Å². The molecule has 2 fully saturated rings. The highest BCUT2D eigenvalue weighted by atomic mass is 19.4. The molecule has 0 aromatic heterocycles. The quantitative estimate of drug-likeness (QED) is 0.422. The van der Waals surface area contributed by atoms with Crippen LogP contribution in [0.4, 0.5) is 79.0 Å². The van der Waals surface area contributed by atoms with Gasteiger partial charge in [0.15, 0.2) is 0 Å². The first-order valence-corrected chi connectivity index (χ1v) is 6.31. The first kappa shape index (κ1) is 24.0. The zero-order chi connectivity index (χ0) is 23.7. The molecule has 1 aliphatic carbocycles. The highest BCUT2D eigenvalue weighted by molar-refractivity contribution is 5.37. The molecule has 0 radical (unpaired) electrons. The van der Waals surface area contributed by atoms with Gasteiger partial charge in [-0.25, -0.2) is 4.39 Å². The minimum Gasteiger partial charge on any atom is -0.291 e. The number of hydrogen-bond donors (Lipinski definition) is 0. The molecule has 19 heteroatoms. The van der Waals surface area contributed by atoms with E-state index in [0.29, 0.717) is 0 Å². The Bertz CT molecular complexity index is 687. The van der Waals surface area contributed by atoms with Crippen LogP contribution in [0, 0.1) is 0 Å². The van der Waals surface area contributed by atoms with Gasteiger partial charge >= 0.3 is 53.5 Å². The molecule has 0 aromatic carbocycles. The summed E-state index contributed by atoms with van der Waals surface area (Å²) in [6, 6.07) is 0. The van der Waals surface area contributed by atoms with Gasteiger partial charge in [-0.3, -0.25) is 4.74 Å². The summed E-state index contributed by atoms with van der Waals surface area (Å²) in [6.07, 6.45) is -15.6. The summed E-state index contributed by atoms with van der Waals surface area (Å²) >= 11 is 0. The van der Waals surface area contributed by atoms with Gasteiger partial charge in [0.1, 0.15) is 0 Å². The molecule has 1 spiro atoms. The molecular formula is C10F18O. The molecule has 1 aliphatic heterocycles. The average Bonchev–Trinajstić information content (AvgIpc) is 2.61. The molecule has 2 aliphatic rings. The van der Waals surface area contributed by atoms with Crippen molar-refractivity contribution in [1.82, 2.24) is 0 Å². The fourth-order valence-electron chi connectivity index (χ4n) is 2.85. The van der Waals surface area contributed by atoms with Crippen LogP contribution in [-0.2, 0) is 4.74 Å². The van der Waals surface area contributed by atoms with Gasteiger partial charge in [-0.05, 0) is 0 Å². The molecule has 0 N–H and O–H groups in total. The van der Waals surface area contributed by atoms with Crippen LogP contribution in [0.2, 0.25) is 0 Å². The first-order chi connectivity index (χ1) is 12.2. The molecule has 1 saturated carbocycles. The lowest BCUT2D eigenvalue weighted by Gasteiger charge is -2.55. The van der Waals surface area contributed by atoms with Crippen LogP contribution < -0.4 is 0 Å². The zero-order valence-electron chi connectivity index (χ0n) is 12.2. The van der Waals surface area contributed by atoms with Gasteiger partial charge in [0.2, 0.25) is 0 Å². The van der Waals surface area contributed by atoms with E-state index in [4.69, 9.17) is 0 Å². The molecule has 1 nitrogen and oxygen atoms in total. The Morgan fingerprint density at radius 3 is 0.931 bits per heavy atom. The van der Waals surface area contributed by atoms with Gasteiger partial charge in [0.05, 0.1) is 0 Å². The van der Waals surface area contributed by atoms with Gasteiger partial charge in [-0.2, -0.15) is 74.6 Å². The SMILES string of the molecule is FC(F)(F)C1(F)C(F)(F)OC2(C(F)(F)C(F)(F)C(F)(F)C(F)(F)C2(F)F)C1(F)F. The number of alkyl halides is 18. The van der Waals surface area contributed by atoms with E-state index >= 15 is 0 Å². The molecule has 2 rings (SSSR count). The average molecular weight is 478 g/mol. The summed E-state index contributed by atoms with van der Waals surface area (Å²) in [6.45, 7) is 0. The van der Waals surface area contributed by atoms with Crippen LogP contribution >= 0.6 is 0 Å². The van der Waals surface area contributed by atoms with Crippen molar-refractivity contribution in [2.45, 2.75) is 59.1 Å². The minimum absolute atomic E-state index is 1.66. The Balaban J connectivity index is 3.12. The predicted octanol–water partition coefficient (Wildman–Crippen LogP) is 5.44. The van der Waals surface area contributed by atoms with Gasteiger partial charge in [-0.1, -0.05) is 0 Å². The third-order valence-corrected chi connectivity index (χ3v) is 4.41. The van der Waals surface area contributed by atoms with Crippen molar-refractivity contribution in [3.8, 4) is 0 Å². The van der Waals surface area contributed by atoms with Crippen molar-refractivity contribution in [2.75, 3.05) is 0 Å². The number of rotatable bonds is 0. The van der Waals surface area contributed by atoms with Crippen molar-refractivity contribution in [3.05, 3.63) is 0 Å². The monoisotopic (exact) mass is 478 g/mol. The van der Waals surface area contributed by atoms with Crippen molar-refractivity contribution < 1.29 is 83.8 Å². The number of halogens is 18. The smallest absolute Gasteiger partial charge is 0.291 e. The fourth-order valence-corrected chi connectivity index (χ4v) is 2.85. The minimum atomic E-state index is -8.38. The highest BCUT2D eigenvalue weighted by Crippen LogP contribution is 2.78. The molecule has 1 heterocycles. The van der Waals surface area contributed by atoms with Crippen molar-refractivity contribution in [2.24, 2.45) is 0 Å². The number of ether oxygens (including phenoxy) is 1. The van der Waals surface area contributed by atoms with E-state index < -0.39 is 59.1 Å². The zero-order valence-corrected chi connectivity index (χ0v) is 12.2. The van der Waals surface area contributed by atoms with E-state index in [-0.39, 0.29) is 0 Å². The van der Waals surface area contributed by atoms with Gasteiger partial charge in [-0.15, -0.1) is 0 Å². The Kier molecular flexibility index (Phi) is 4.09. The van der Waals surface area contributed by atoms with Crippen molar-refractivity contribution >= 4 is 0 Å². The van der Waals surface area contributed by atoms with Crippen LogP contribution in [0.5, 0.6) is 0 Å². The lowest BCUT2D eigenvalue weighted by Crippen LogP contribution is -2.89. The van der Waals surface area contributed by atoms with E-state index in [9.17, 15) is 79.0 Å². The number of hydrogen-bond acceptors (Lipinski definition) is 1. The van der Waals surface area contributed by atoms with Crippen LogP contribution in [0.25, 0.3) is 0 Å². The Morgan fingerprint density at radius 1 is 0.414 bits per heavy atom. The maximum Gasteiger partial charge on any atom is 0.437 e. The molecule has 172 valence electrons. The Morgan fingerprint density at radius 2 is 0.690 bits per heavy atom. The van der Waals surface area contributed by atoms with Crippen LogP contribution in [0.15, 0.2) is 0 Å². The largest absolute Gasteiger partial charge is 0.437 e. The van der Waals surface area contributed by atoms with Crippen LogP contribution in [0.1, 0.15) is 0 Å². The first-order valence-electron chi connectivity index (χ1n) is 6.31. The maximum atomic E-state index is 13.9. The van der Waals surface area contributed by atoms with Gasteiger partial charge < -0.3 is 0 Å². The van der Waals surface area contributed by atoms with E-state index in [1.165, 1.54) is 0 Å². The van der Waals surface area contributed by atoms with E-state index in [0.717, 1.165) is 0 Å². The third-order valence-electron chi connectivity index (χ3n) is 4.41. The molecule has 0 amide bonds. The second-order valence-electron chi connectivity index (χ2n) is 5.90. The van der Waals surface area contributed by atoms with Gasteiger partial charge in [0.25, 0.3) is 5.60 Å². The molecule has 29 heavy (non-hydrogen) atoms. The summed E-state index contributed by atoms with van der Waals surface area (Å²) in [5.74, 6) is -49.4. The molecule has 0 aromatic rings. The summed E-state index contributed by atoms with van der Waals surface area (Å²) in [5, 5.41) is 0. The summed E-state index contributed by atoms with van der Waals surface area (Å²) in [4.78, 5) is 0. The summed E-state index contributed by atoms with van der Waals surface area (Å²) in [7, 11) is 0. The van der Waals surface area contributed by atoms with E-state index in [1.807, 2.05) is 0 Å². The van der Waals surface area contributed by atoms with E-state index in [2.05, 4.69) is 0 Å². The third kappa shape index (κ3) is 1.82. The Hall–Kier alpha value is -1.30. The summed E-state index contributed by atoms with van der Waals surface area (Å²) in [5.41, 5.74) is -16.2. The summed E-state index contributed by atoms with van der Waals surface area (Å²) < 4.78 is 241. The standard InChI is InChI=1S/C10F18O/c11-1(9(24,25)26)3(12,13)2(29-10(1,27)28)4(14,15)6(18,19)8(22,23)7(20,21)5(2,16)17. The van der Waals surface area contributed by atoms with Crippen molar-refractivity contribution in [3.63, 3.8) is 0 Å². The molecular weight excluding hydrogens is 478 g/mol. The van der Waals surface area contributed by atoms with E-state index in [1.54, 1.807) is 4.74 Å². The second kappa shape index (κ2) is 4.95.